The van der Waals surface area contributed by atoms with E-state index >= 15 is 0 Å². The molecule has 2 heterocycles. The van der Waals surface area contributed by atoms with Crippen molar-refractivity contribution in [2.75, 3.05) is 45.0 Å². The molecular weight excluding hydrogens is 290 g/mol. The summed E-state index contributed by atoms with van der Waals surface area (Å²) in [6.07, 6.45) is 3.89. The molecule has 122 valence electrons. The first-order valence-corrected chi connectivity index (χ1v) is 9.60. The minimum Gasteiger partial charge on any atom is -0.340 e. The molecule has 0 bridgehead atoms. The summed E-state index contributed by atoms with van der Waals surface area (Å²) in [7, 11) is -3.11. The van der Waals surface area contributed by atoms with Gasteiger partial charge >= 0.3 is 0 Å². The number of rotatable bonds is 5. The number of piperazine rings is 1. The highest BCUT2D eigenvalue weighted by Gasteiger charge is 2.27. The Hall–Kier alpha value is -0.660. The van der Waals surface area contributed by atoms with Crippen LogP contribution in [0.5, 0.6) is 0 Å². The molecule has 1 N–H and O–H groups in total. The van der Waals surface area contributed by atoms with Gasteiger partial charge in [0.05, 0.1) is 5.75 Å². The molecular formula is C14H27N3O3S. The van der Waals surface area contributed by atoms with Crippen molar-refractivity contribution in [2.45, 2.75) is 32.6 Å². The van der Waals surface area contributed by atoms with Crippen molar-refractivity contribution in [3.05, 3.63) is 0 Å². The summed E-state index contributed by atoms with van der Waals surface area (Å²) in [5.41, 5.74) is 0. The largest absolute Gasteiger partial charge is 0.340 e. The SMILES string of the molecule is CCS(=O)(=O)N1CCN(C(=O)CCC2CCNCC2)CC1. The van der Waals surface area contributed by atoms with E-state index in [1.807, 2.05) is 4.90 Å². The molecule has 0 saturated carbocycles. The molecule has 0 spiro atoms. The lowest BCUT2D eigenvalue weighted by atomic mass is 9.93. The smallest absolute Gasteiger partial charge is 0.222 e. The molecule has 1 amide bonds. The summed E-state index contributed by atoms with van der Waals surface area (Å²) < 4.78 is 25.1. The van der Waals surface area contributed by atoms with Gasteiger partial charge in [0.15, 0.2) is 0 Å². The number of piperidine rings is 1. The van der Waals surface area contributed by atoms with Crippen LogP contribution >= 0.6 is 0 Å². The van der Waals surface area contributed by atoms with Gasteiger partial charge < -0.3 is 10.2 Å². The van der Waals surface area contributed by atoms with Gasteiger partial charge in [-0.3, -0.25) is 4.79 Å². The number of nitrogens with zero attached hydrogens (tertiary/aromatic N) is 2. The summed E-state index contributed by atoms with van der Waals surface area (Å²) in [5.74, 6) is 0.982. The molecule has 7 heteroatoms. The minimum absolute atomic E-state index is 0.136. The maximum Gasteiger partial charge on any atom is 0.222 e. The van der Waals surface area contributed by atoms with Gasteiger partial charge in [-0.1, -0.05) is 0 Å². The van der Waals surface area contributed by atoms with Crippen molar-refractivity contribution in [3.8, 4) is 0 Å². The van der Waals surface area contributed by atoms with Gasteiger partial charge in [0.1, 0.15) is 0 Å². The predicted octanol–water partition coefficient (Wildman–Crippen LogP) is 0.260. The molecule has 2 saturated heterocycles. The van der Waals surface area contributed by atoms with Crippen LogP contribution in [0.15, 0.2) is 0 Å². The van der Waals surface area contributed by atoms with Gasteiger partial charge in [-0.2, -0.15) is 4.31 Å². The summed E-state index contributed by atoms with van der Waals surface area (Å²) in [5, 5.41) is 3.33. The maximum atomic E-state index is 12.2. The Bertz CT molecular complexity index is 438. The molecule has 0 unspecified atom stereocenters. The second-order valence-electron chi connectivity index (χ2n) is 5.91. The molecule has 21 heavy (non-hydrogen) atoms. The Morgan fingerprint density at radius 3 is 2.33 bits per heavy atom. The molecule has 0 radical (unpaired) electrons. The molecule has 2 aliphatic heterocycles. The lowest BCUT2D eigenvalue weighted by Crippen LogP contribution is -2.50. The Morgan fingerprint density at radius 1 is 1.14 bits per heavy atom. The lowest BCUT2D eigenvalue weighted by Gasteiger charge is -2.34. The van der Waals surface area contributed by atoms with Crippen molar-refractivity contribution in [1.82, 2.24) is 14.5 Å². The number of carbonyl (C=O) groups excluding carboxylic acids is 1. The van der Waals surface area contributed by atoms with Crippen molar-refractivity contribution in [1.29, 1.82) is 0 Å². The van der Waals surface area contributed by atoms with Crippen LogP contribution in [0.1, 0.15) is 32.6 Å². The van der Waals surface area contributed by atoms with E-state index in [2.05, 4.69) is 5.32 Å². The zero-order chi connectivity index (χ0) is 15.3. The van der Waals surface area contributed by atoms with Gasteiger partial charge in [-0.05, 0) is 45.2 Å². The number of hydrogen-bond acceptors (Lipinski definition) is 4. The number of hydrogen-bond donors (Lipinski definition) is 1. The van der Waals surface area contributed by atoms with E-state index in [9.17, 15) is 13.2 Å². The second-order valence-corrected chi connectivity index (χ2v) is 8.17. The maximum absolute atomic E-state index is 12.2. The van der Waals surface area contributed by atoms with Crippen LogP contribution in [0.4, 0.5) is 0 Å². The summed E-state index contributed by atoms with van der Waals surface area (Å²) >= 11 is 0. The third-order valence-corrected chi connectivity index (χ3v) is 6.46. The van der Waals surface area contributed by atoms with Crippen molar-refractivity contribution in [3.63, 3.8) is 0 Å². The molecule has 0 aromatic rings. The molecule has 0 atom stereocenters. The van der Waals surface area contributed by atoms with Gasteiger partial charge in [0, 0.05) is 32.6 Å². The third-order valence-electron chi connectivity index (χ3n) is 4.57. The fourth-order valence-electron chi connectivity index (χ4n) is 3.05. The van der Waals surface area contributed by atoms with E-state index in [0.717, 1.165) is 32.4 Å². The van der Waals surface area contributed by atoms with Crippen molar-refractivity contribution >= 4 is 15.9 Å². The van der Waals surface area contributed by atoms with E-state index in [1.165, 1.54) is 4.31 Å². The van der Waals surface area contributed by atoms with Crippen LogP contribution in [-0.4, -0.2) is 68.6 Å². The Kier molecular flexibility index (Phi) is 6.01. The highest BCUT2D eigenvalue weighted by Crippen LogP contribution is 2.19. The molecule has 0 aliphatic carbocycles. The summed E-state index contributed by atoms with van der Waals surface area (Å²) in [6, 6.07) is 0. The Morgan fingerprint density at radius 2 is 1.76 bits per heavy atom. The van der Waals surface area contributed by atoms with Crippen LogP contribution in [0.3, 0.4) is 0 Å². The van der Waals surface area contributed by atoms with Crippen LogP contribution < -0.4 is 5.32 Å². The van der Waals surface area contributed by atoms with Crippen LogP contribution in [-0.2, 0) is 14.8 Å². The van der Waals surface area contributed by atoms with E-state index in [0.29, 0.717) is 38.5 Å². The fraction of sp³-hybridized carbons (Fsp3) is 0.929. The molecule has 6 nitrogen and oxygen atoms in total. The second kappa shape index (κ2) is 7.56. The van der Waals surface area contributed by atoms with Crippen molar-refractivity contribution < 1.29 is 13.2 Å². The van der Waals surface area contributed by atoms with Crippen molar-refractivity contribution in [2.24, 2.45) is 5.92 Å². The van der Waals surface area contributed by atoms with Gasteiger partial charge in [-0.25, -0.2) is 8.42 Å². The average Bonchev–Trinajstić information content (AvgIpc) is 2.53. The first kappa shape index (κ1) is 16.7. The van der Waals surface area contributed by atoms with Crippen LogP contribution in [0.25, 0.3) is 0 Å². The zero-order valence-electron chi connectivity index (χ0n) is 12.9. The number of sulfonamides is 1. The van der Waals surface area contributed by atoms with Gasteiger partial charge in [0.2, 0.25) is 15.9 Å². The standard InChI is InChI=1S/C14H27N3O3S/c1-2-21(19,20)17-11-9-16(10-12-17)14(18)4-3-13-5-7-15-8-6-13/h13,15H,2-12H2,1H3. The van der Waals surface area contributed by atoms with Gasteiger partial charge in [-0.15, -0.1) is 0 Å². The van der Waals surface area contributed by atoms with Crippen LogP contribution in [0, 0.1) is 5.92 Å². The first-order chi connectivity index (χ1) is 10.0. The molecule has 0 aromatic carbocycles. The average molecular weight is 317 g/mol. The molecule has 0 aromatic heterocycles. The monoisotopic (exact) mass is 317 g/mol. The number of amides is 1. The molecule has 2 rings (SSSR count). The molecule has 2 aliphatic rings. The van der Waals surface area contributed by atoms with E-state index in [4.69, 9.17) is 0 Å². The molecule has 2 fully saturated rings. The minimum atomic E-state index is -3.11. The van der Waals surface area contributed by atoms with E-state index in [-0.39, 0.29) is 11.7 Å². The summed E-state index contributed by atoms with van der Waals surface area (Å²) in [6.45, 7) is 5.73. The van der Waals surface area contributed by atoms with Crippen LogP contribution in [0.2, 0.25) is 0 Å². The van der Waals surface area contributed by atoms with Gasteiger partial charge in [0.25, 0.3) is 0 Å². The number of nitrogens with one attached hydrogen (secondary N) is 1. The lowest BCUT2D eigenvalue weighted by molar-refractivity contribution is -0.132. The van der Waals surface area contributed by atoms with E-state index < -0.39 is 10.0 Å². The third kappa shape index (κ3) is 4.66. The highest BCUT2D eigenvalue weighted by molar-refractivity contribution is 7.89. The number of carbonyl (C=O) groups is 1. The predicted molar refractivity (Wildman–Crippen MR) is 82.4 cm³/mol. The highest BCUT2D eigenvalue weighted by atomic mass is 32.2. The zero-order valence-corrected chi connectivity index (χ0v) is 13.7. The topological polar surface area (TPSA) is 69.7 Å². The summed E-state index contributed by atoms with van der Waals surface area (Å²) in [4.78, 5) is 14.0. The quantitative estimate of drug-likeness (QED) is 0.790. The Labute approximate surface area is 127 Å². The normalized spacial score (nSPS) is 22.4. The fourth-order valence-corrected chi connectivity index (χ4v) is 4.14. The Balaban J connectivity index is 1.72. The van der Waals surface area contributed by atoms with E-state index in [1.54, 1.807) is 6.92 Å². The first-order valence-electron chi connectivity index (χ1n) is 7.99.